The Morgan fingerprint density at radius 1 is 1.10 bits per heavy atom. The van der Waals surface area contributed by atoms with Gasteiger partial charge in [-0.1, -0.05) is 24.1 Å². The largest absolute Gasteiger partial charge is 0.490 e. The number of thiocarbonyl (C=S) groups is 1. The highest BCUT2D eigenvalue weighted by Crippen LogP contribution is 2.33. The molecule has 0 spiro atoms. The molecule has 0 unspecified atom stereocenters. The van der Waals surface area contributed by atoms with Gasteiger partial charge in [-0.2, -0.15) is 5.10 Å². The van der Waals surface area contributed by atoms with E-state index in [-0.39, 0.29) is 19.8 Å². The summed E-state index contributed by atoms with van der Waals surface area (Å²) in [7, 11) is 0. The van der Waals surface area contributed by atoms with Crippen LogP contribution in [0.15, 0.2) is 58.8 Å². The van der Waals surface area contributed by atoms with Gasteiger partial charge in [-0.05, 0) is 62.8 Å². The van der Waals surface area contributed by atoms with Gasteiger partial charge in [-0.15, -0.1) is 6.42 Å². The number of hydrogen-bond acceptors (Lipinski definition) is 8. The van der Waals surface area contributed by atoms with E-state index >= 15 is 0 Å². The van der Waals surface area contributed by atoms with Gasteiger partial charge in [0.05, 0.1) is 31.0 Å². The summed E-state index contributed by atoms with van der Waals surface area (Å²) in [6.45, 7) is 5.81. The molecule has 3 N–H and O–H groups in total. The van der Waals surface area contributed by atoms with Crippen molar-refractivity contribution in [3.63, 3.8) is 0 Å². The minimum absolute atomic E-state index is 0.118. The average molecular weight is 551 g/mol. The molecule has 204 valence electrons. The molecule has 0 aliphatic carbocycles. The molecule has 0 saturated carbocycles. The molecule has 10 nitrogen and oxygen atoms in total. The highest BCUT2D eigenvalue weighted by atomic mass is 32.1. The van der Waals surface area contributed by atoms with E-state index in [1.807, 2.05) is 6.92 Å². The van der Waals surface area contributed by atoms with E-state index in [2.05, 4.69) is 27.1 Å². The molecule has 1 aliphatic heterocycles. The summed E-state index contributed by atoms with van der Waals surface area (Å²) in [5, 5.41) is 10.4. The molecule has 2 aromatic rings. The number of hydrazone groups is 1. The SMILES string of the molecule is C#CCOc1ccc(C=NNC(=O)COc2ccccc2[C@@H]2NC(=S)NC(C)=C2C(=O)OCC)cc1OCC. The first-order valence-corrected chi connectivity index (χ1v) is 12.6. The minimum Gasteiger partial charge on any atom is -0.490 e. The second kappa shape index (κ2) is 14.4. The maximum Gasteiger partial charge on any atom is 0.338 e. The van der Waals surface area contributed by atoms with Gasteiger partial charge in [-0.3, -0.25) is 4.79 Å². The molecule has 0 radical (unpaired) electrons. The lowest BCUT2D eigenvalue weighted by molar-refractivity contribution is -0.139. The number of rotatable bonds is 12. The van der Waals surface area contributed by atoms with Gasteiger partial charge in [0.2, 0.25) is 0 Å². The molecule has 2 aromatic carbocycles. The smallest absolute Gasteiger partial charge is 0.338 e. The molecule has 1 atom stereocenters. The average Bonchev–Trinajstić information content (AvgIpc) is 2.91. The molecule has 0 bridgehead atoms. The molecule has 0 aromatic heterocycles. The fourth-order valence-corrected chi connectivity index (χ4v) is 3.99. The zero-order valence-corrected chi connectivity index (χ0v) is 22.7. The quantitative estimate of drug-likeness (QED) is 0.120. The molecule has 1 heterocycles. The van der Waals surface area contributed by atoms with E-state index in [1.165, 1.54) is 6.21 Å². The number of nitrogens with zero attached hydrogens (tertiary/aromatic N) is 1. The Kier molecular flexibility index (Phi) is 10.7. The van der Waals surface area contributed by atoms with Crippen molar-refractivity contribution in [1.29, 1.82) is 0 Å². The fraction of sp³-hybridized carbons (Fsp3) is 0.286. The highest BCUT2D eigenvalue weighted by Gasteiger charge is 2.32. The predicted molar refractivity (Wildman–Crippen MR) is 151 cm³/mol. The number of benzene rings is 2. The molecule has 0 fully saturated rings. The van der Waals surface area contributed by atoms with Gasteiger partial charge in [0.1, 0.15) is 12.4 Å². The Balaban J connectivity index is 1.67. The van der Waals surface area contributed by atoms with Gasteiger partial charge < -0.3 is 29.6 Å². The zero-order chi connectivity index (χ0) is 28.2. The van der Waals surface area contributed by atoms with E-state index in [0.29, 0.717) is 51.4 Å². The van der Waals surface area contributed by atoms with Crippen LogP contribution in [0.1, 0.15) is 37.9 Å². The number of nitrogens with one attached hydrogen (secondary N) is 3. The first-order chi connectivity index (χ1) is 18.9. The van der Waals surface area contributed by atoms with Crippen LogP contribution in [0.3, 0.4) is 0 Å². The lowest BCUT2D eigenvalue weighted by Gasteiger charge is -2.30. The topological polar surface area (TPSA) is 120 Å². The fourth-order valence-electron chi connectivity index (χ4n) is 3.72. The monoisotopic (exact) mass is 550 g/mol. The van der Waals surface area contributed by atoms with Crippen molar-refractivity contribution < 1.29 is 28.5 Å². The zero-order valence-electron chi connectivity index (χ0n) is 21.9. The summed E-state index contributed by atoms with van der Waals surface area (Å²) in [6, 6.07) is 11.6. The normalized spacial score (nSPS) is 14.6. The van der Waals surface area contributed by atoms with Crippen LogP contribution in [0, 0.1) is 12.3 Å². The van der Waals surface area contributed by atoms with E-state index in [1.54, 1.807) is 56.3 Å². The first kappa shape index (κ1) is 29.0. The second-order valence-electron chi connectivity index (χ2n) is 8.04. The van der Waals surface area contributed by atoms with Crippen molar-refractivity contribution in [2.45, 2.75) is 26.8 Å². The van der Waals surface area contributed by atoms with Crippen LogP contribution in [-0.2, 0) is 14.3 Å². The van der Waals surface area contributed by atoms with Gasteiger partial charge in [0, 0.05) is 11.3 Å². The van der Waals surface area contributed by atoms with Gasteiger partial charge in [0.25, 0.3) is 5.91 Å². The van der Waals surface area contributed by atoms with E-state index in [4.69, 9.17) is 37.6 Å². The third-order valence-electron chi connectivity index (χ3n) is 5.33. The first-order valence-electron chi connectivity index (χ1n) is 12.2. The molecule has 1 amide bonds. The maximum absolute atomic E-state index is 12.7. The van der Waals surface area contributed by atoms with Crippen molar-refractivity contribution in [2.75, 3.05) is 26.4 Å². The van der Waals surface area contributed by atoms with Crippen LogP contribution < -0.4 is 30.3 Å². The van der Waals surface area contributed by atoms with Crippen LogP contribution in [0.5, 0.6) is 17.2 Å². The van der Waals surface area contributed by atoms with Crippen LogP contribution in [0.2, 0.25) is 0 Å². The van der Waals surface area contributed by atoms with E-state index in [0.717, 1.165) is 0 Å². The maximum atomic E-state index is 12.7. The van der Waals surface area contributed by atoms with Crippen molar-refractivity contribution >= 4 is 35.4 Å². The summed E-state index contributed by atoms with van der Waals surface area (Å²) in [5.41, 5.74) is 4.69. The number of para-hydroxylation sites is 1. The number of carbonyl (C=O) groups is 2. The third-order valence-corrected chi connectivity index (χ3v) is 5.55. The standard InChI is InChI=1S/C28H30N4O6S/c1-5-14-37-22-13-12-19(15-23(22)35-6-2)16-29-32-24(33)17-38-21-11-9-8-10-20(21)26-25(27(34)36-7-3)18(4)30-28(39)31-26/h1,8-13,15-16,26H,6-7,14,17H2,2-4H3,(H,32,33)(H2,30,31,39)/t26-/m0/s1. The number of ether oxygens (including phenoxy) is 4. The molecule has 0 saturated heterocycles. The minimum atomic E-state index is -0.623. The van der Waals surface area contributed by atoms with Crippen molar-refractivity contribution in [2.24, 2.45) is 5.10 Å². The lowest BCUT2D eigenvalue weighted by atomic mass is 9.95. The predicted octanol–water partition coefficient (Wildman–Crippen LogP) is 2.98. The number of esters is 1. The summed E-state index contributed by atoms with van der Waals surface area (Å²) in [6.07, 6.45) is 6.72. The van der Waals surface area contributed by atoms with Crippen molar-refractivity contribution in [3.8, 4) is 29.6 Å². The van der Waals surface area contributed by atoms with Gasteiger partial charge in [0.15, 0.2) is 23.2 Å². The summed E-state index contributed by atoms with van der Waals surface area (Å²) >= 11 is 5.30. The summed E-state index contributed by atoms with van der Waals surface area (Å²) in [4.78, 5) is 25.1. The molecule has 3 rings (SSSR count). The molecule has 11 heteroatoms. The van der Waals surface area contributed by atoms with Crippen LogP contribution >= 0.6 is 12.2 Å². The summed E-state index contributed by atoms with van der Waals surface area (Å²) < 4.78 is 22.1. The highest BCUT2D eigenvalue weighted by molar-refractivity contribution is 7.80. The molecule has 1 aliphatic rings. The second-order valence-corrected chi connectivity index (χ2v) is 8.45. The number of hydrogen-bond donors (Lipinski definition) is 3. The lowest BCUT2D eigenvalue weighted by Crippen LogP contribution is -2.45. The Bertz CT molecular complexity index is 1320. The number of amides is 1. The number of carbonyl (C=O) groups excluding carboxylic acids is 2. The van der Waals surface area contributed by atoms with Crippen molar-refractivity contribution in [3.05, 3.63) is 64.9 Å². The Morgan fingerprint density at radius 3 is 2.64 bits per heavy atom. The Labute approximate surface area is 232 Å². The number of allylic oxidation sites excluding steroid dienone is 1. The third kappa shape index (κ3) is 7.96. The van der Waals surface area contributed by atoms with Crippen LogP contribution in [0.25, 0.3) is 0 Å². The van der Waals surface area contributed by atoms with Crippen LogP contribution in [-0.4, -0.2) is 49.6 Å². The van der Waals surface area contributed by atoms with Gasteiger partial charge >= 0.3 is 5.97 Å². The number of terminal acetylenes is 1. The Hall–Kier alpha value is -4.56. The van der Waals surface area contributed by atoms with E-state index < -0.39 is 17.9 Å². The molecular weight excluding hydrogens is 520 g/mol. The Morgan fingerprint density at radius 2 is 1.90 bits per heavy atom. The molecule has 39 heavy (non-hydrogen) atoms. The van der Waals surface area contributed by atoms with E-state index in [9.17, 15) is 9.59 Å². The van der Waals surface area contributed by atoms with Crippen molar-refractivity contribution in [1.82, 2.24) is 16.1 Å². The van der Waals surface area contributed by atoms with Crippen LogP contribution in [0.4, 0.5) is 0 Å². The molecular formula is C28H30N4O6S. The van der Waals surface area contributed by atoms with Gasteiger partial charge in [-0.25, -0.2) is 10.2 Å². The summed E-state index contributed by atoms with van der Waals surface area (Å²) in [5.74, 6) is 2.88.